The van der Waals surface area contributed by atoms with Crippen LogP contribution in [0.1, 0.15) is 40.0 Å². The Morgan fingerprint density at radius 1 is 1.47 bits per heavy atom. The van der Waals surface area contributed by atoms with E-state index in [-0.39, 0.29) is 5.92 Å². The fourth-order valence-corrected chi connectivity index (χ4v) is 1.15. The van der Waals surface area contributed by atoms with Crippen molar-refractivity contribution >= 4 is 0 Å². The molecule has 0 aromatic heterocycles. The second-order valence-electron chi connectivity index (χ2n) is 3.98. The van der Waals surface area contributed by atoms with E-state index in [1.54, 1.807) is 0 Å². The quantitative estimate of drug-likeness (QED) is 0.292. The molecule has 0 aromatic rings. The van der Waals surface area contributed by atoms with Crippen LogP contribution >= 0.6 is 0 Å². The Morgan fingerprint density at radius 2 is 2.07 bits per heavy atom. The highest BCUT2D eigenvalue weighted by atomic mass is 19.1. The second-order valence-corrected chi connectivity index (χ2v) is 3.98. The standard InChI is InChI=1S/C11H18FNO2/c1-9(2)5-4-6-10(3)7-8-11(12)13(14)15/h5,8,10H,4,6-7H2,1-3H3/b11-8+/t10-/m0/s1. The van der Waals surface area contributed by atoms with Gasteiger partial charge in [0.05, 0.1) is 4.92 Å². The summed E-state index contributed by atoms with van der Waals surface area (Å²) in [5.41, 5.74) is 1.26. The summed E-state index contributed by atoms with van der Waals surface area (Å²) >= 11 is 0. The van der Waals surface area contributed by atoms with Crippen LogP contribution in [0.4, 0.5) is 4.39 Å². The summed E-state index contributed by atoms with van der Waals surface area (Å²) < 4.78 is 12.5. The summed E-state index contributed by atoms with van der Waals surface area (Å²) in [6.07, 6.45) is 5.45. The first-order valence-corrected chi connectivity index (χ1v) is 5.07. The Morgan fingerprint density at radius 3 is 2.53 bits per heavy atom. The molecule has 0 aliphatic heterocycles. The second kappa shape index (κ2) is 7.15. The van der Waals surface area contributed by atoms with Crippen LogP contribution in [0.3, 0.4) is 0 Å². The van der Waals surface area contributed by atoms with Crippen molar-refractivity contribution in [2.75, 3.05) is 0 Å². The van der Waals surface area contributed by atoms with Gasteiger partial charge in [-0.15, -0.1) is 4.39 Å². The van der Waals surface area contributed by atoms with E-state index in [2.05, 4.69) is 6.08 Å². The van der Waals surface area contributed by atoms with Gasteiger partial charge in [0.15, 0.2) is 0 Å². The SMILES string of the molecule is CC(C)=CCC[C@H](C)C/C=C(\F)[N+](=O)[O-]. The summed E-state index contributed by atoms with van der Waals surface area (Å²) in [6.45, 7) is 6.01. The largest absolute Gasteiger partial charge is 0.415 e. The van der Waals surface area contributed by atoms with Gasteiger partial charge in [-0.05, 0) is 39.0 Å². The Bertz CT molecular complexity index is 268. The van der Waals surface area contributed by atoms with E-state index >= 15 is 0 Å². The third kappa shape index (κ3) is 7.85. The van der Waals surface area contributed by atoms with Crippen molar-refractivity contribution in [3.05, 3.63) is 33.8 Å². The molecule has 0 fully saturated rings. The van der Waals surface area contributed by atoms with Gasteiger partial charge in [-0.3, -0.25) is 10.1 Å². The molecule has 0 unspecified atom stereocenters. The molecule has 4 heteroatoms. The molecule has 15 heavy (non-hydrogen) atoms. The van der Waals surface area contributed by atoms with E-state index in [9.17, 15) is 14.5 Å². The van der Waals surface area contributed by atoms with Gasteiger partial charge < -0.3 is 0 Å². The number of halogens is 1. The number of hydrogen-bond donors (Lipinski definition) is 0. The molecule has 0 N–H and O–H groups in total. The molecule has 0 saturated heterocycles. The lowest BCUT2D eigenvalue weighted by Gasteiger charge is -2.05. The zero-order valence-electron chi connectivity index (χ0n) is 9.50. The third-order valence-electron chi connectivity index (χ3n) is 2.08. The van der Waals surface area contributed by atoms with Crippen LogP contribution in [0.25, 0.3) is 0 Å². The molecular weight excluding hydrogens is 197 g/mol. The van der Waals surface area contributed by atoms with Crippen LogP contribution in [0.15, 0.2) is 23.7 Å². The van der Waals surface area contributed by atoms with Gasteiger partial charge in [0.2, 0.25) is 0 Å². The lowest BCUT2D eigenvalue weighted by molar-refractivity contribution is -0.447. The van der Waals surface area contributed by atoms with Crippen molar-refractivity contribution < 1.29 is 9.31 Å². The van der Waals surface area contributed by atoms with Gasteiger partial charge >= 0.3 is 5.95 Å². The molecule has 0 amide bonds. The van der Waals surface area contributed by atoms with Gasteiger partial charge in [0.1, 0.15) is 0 Å². The van der Waals surface area contributed by atoms with Crippen LogP contribution < -0.4 is 0 Å². The number of nitro groups is 1. The summed E-state index contributed by atoms with van der Waals surface area (Å²) in [7, 11) is 0. The van der Waals surface area contributed by atoms with E-state index in [1.165, 1.54) is 5.57 Å². The fourth-order valence-electron chi connectivity index (χ4n) is 1.15. The molecule has 0 heterocycles. The molecule has 1 atom stereocenters. The lowest BCUT2D eigenvalue weighted by Crippen LogP contribution is -1.96. The molecule has 0 radical (unpaired) electrons. The maximum atomic E-state index is 12.5. The monoisotopic (exact) mass is 215 g/mol. The molecule has 0 spiro atoms. The van der Waals surface area contributed by atoms with E-state index in [0.29, 0.717) is 6.42 Å². The smallest absolute Gasteiger partial charge is 0.256 e. The molecule has 86 valence electrons. The predicted octanol–water partition coefficient (Wildman–Crippen LogP) is 3.85. The highest BCUT2D eigenvalue weighted by molar-refractivity contribution is 4.93. The molecule has 0 aliphatic carbocycles. The van der Waals surface area contributed by atoms with Gasteiger partial charge in [-0.1, -0.05) is 18.6 Å². The molecule has 0 rings (SSSR count). The van der Waals surface area contributed by atoms with Gasteiger partial charge in [0, 0.05) is 6.08 Å². The summed E-state index contributed by atoms with van der Waals surface area (Å²) in [6, 6.07) is 0. The normalized spacial score (nSPS) is 13.5. The molecule has 0 aromatic carbocycles. The highest BCUT2D eigenvalue weighted by Crippen LogP contribution is 2.14. The van der Waals surface area contributed by atoms with E-state index < -0.39 is 10.9 Å². The van der Waals surface area contributed by atoms with Gasteiger partial charge in [-0.2, -0.15) is 0 Å². The topological polar surface area (TPSA) is 43.1 Å². The van der Waals surface area contributed by atoms with Crippen LogP contribution in [0, 0.1) is 16.0 Å². The predicted molar refractivity (Wildman–Crippen MR) is 58.6 cm³/mol. The minimum Gasteiger partial charge on any atom is -0.256 e. The Kier molecular flexibility index (Phi) is 6.58. The number of allylic oxidation sites excluding steroid dienone is 3. The van der Waals surface area contributed by atoms with Crippen molar-refractivity contribution in [2.45, 2.75) is 40.0 Å². The molecule has 0 aliphatic rings. The van der Waals surface area contributed by atoms with Gasteiger partial charge in [0.25, 0.3) is 0 Å². The Balaban J connectivity index is 3.85. The fraction of sp³-hybridized carbons (Fsp3) is 0.636. The van der Waals surface area contributed by atoms with Gasteiger partial charge in [-0.25, -0.2) is 0 Å². The third-order valence-corrected chi connectivity index (χ3v) is 2.08. The maximum Gasteiger partial charge on any atom is 0.415 e. The van der Waals surface area contributed by atoms with Crippen LogP contribution in [-0.4, -0.2) is 4.92 Å². The van der Waals surface area contributed by atoms with E-state index in [1.807, 2.05) is 20.8 Å². The summed E-state index contributed by atoms with van der Waals surface area (Å²) in [5, 5.41) is 9.97. The number of rotatable bonds is 6. The van der Waals surface area contributed by atoms with Crippen molar-refractivity contribution in [1.82, 2.24) is 0 Å². The minimum atomic E-state index is -1.25. The van der Waals surface area contributed by atoms with E-state index in [4.69, 9.17) is 0 Å². The molecule has 0 bridgehead atoms. The van der Waals surface area contributed by atoms with E-state index in [0.717, 1.165) is 18.9 Å². The van der Waals surface area contributed by atoms with Crippen LogP contribution in [0.2, 0.25) is 0 Å². The van der Waals surface area contributed by atoms with Crippen molar-refractivity contribution in [3.63, 3.8) is 0 Å². The van der Waals surface area contributed by atoms with Crippen molar-refractivity contribution in [1.29, 1.82) is 0 Å². The first kappa shape index (κ1) is 13.8. The first-order chi connectivity index (χ1) is 6.93. The highest BCUT2D eigenvalue weighted by Gasteiger charge is 2.08. The van der Waals surface area contributed by atoms with Crippen LogP contribution in [0.5, 0.6) is 0 Å². The maximum absolute atomic E-state index is 12.5. The zero-order chi connectivity index (χ0) is 11.8. The minimum absolute atomic E-state index is 0.270. The van der Waals surface area contributed by atoms with Crippen molar-refractivity contribution in [2.24, 2.45) is 5.92 Å². The summed E-state index contributed by atoms with van der Waals surface area (Å²) in [5.74, 6) is -0.977. The zero-order valence-corrected chi connectivity index (χ0v) is 9.50. The Labute approximate surface area is 89.8 Å². The molecule has 0 saturated carbocycles. The average molecular weight is 215 g/mol. The van der Waals surface area contributed by atoms with Crippen molar-refractivity contribution in [3.8, 4) is 0 Å². The number of hydrogen-bond acceptors (Lipinski definition) is 2. The number of nitrogens with zero attached hydrogens (tertiary/aromatic N) is 1. The average Bonchev–Trinajstić information content (AvgIpc) is 2.13. The first-order valence-electron chi connectivity index (χ1n) is 5.07. The lowest BCUT2D eigenvalue weighted by atomic mass is 10.0. The van der Waals surface area contributed by atoms with Crippen LogP contribution in [-0.2, 0) is 0 Å². The molecule has 3 nitrogen and oxygen atoms in total. The molecular formula is C11H18FNO2. The Hall–Kier alpha value is -1.19. The summed E-state index contributed by atoms with van der Waals surface area (Å²) in [4.78, 5) is 8.97.